The van der Waals surface area contributed by atoms with Crippen LogP contribution in [-0.2, 0) is 10.8 Å². The maximum atomic E-state index is 2.49. The van der Waals surface area contributed by atoms with Crippen LogP contribution in [0.3, 0.4) is 0 Å². The first kappa shape index (κ1) is 36.2. The van der Waals surface area contributed by atoms with Gasteiger partial charge in [-0.2, -0.15) is 0 Å². The molecule has 2 aliphatic rings. The SMILES string of the molecule is Cc1ccc(-c2c3ccc(N4c5ccccc5C(C)(C)c5ccccc54)cc3c(-c3ccc(C)cc3)c3ccc(N4c5ccccc5C(C)(C)c5ccccc54)cc23)cc1. The van der Waals surface area contributed by atoms with E-state index in [0.29, 0.717) is 0 Å². The zero-order valence-electron chi connectivity index (χ0n) is 35.2. The van der Waals surface area contributed by atoms with E-state index >= 15 is 0 Å². The highest BCUT2D eigenvalue weighted by Gasteiger charge is 2.38. The number of fused-ring (bicyclic) bond motifs is 6. The van der Waals surface area contributed by atoms with Gasteiger partial charge in [0.15, 0.2) is 0 Å². The Labute approximate surface area is 354 Å². The molecule has 2 heteroatoms. The molecular weight excluding hydrogens is 725 g/mol. The van der Waals surface area contributed by atoms with E-state index in [-0.39, 0.29) is 10.8 Å². The molecule has 2 aliphatic heterocycles. The minimum atomic E-state index is -0.134. The van der Waals surface area contributed by atoms with Gasteiger partial charge in [0.25, 0.3) is 0 Å². The van der Waals surface area contributed by atoms with Gasteiger partial charge >= 0.3 is 0 Å². The van der Waals surface area contributed by atoms with Crippen LogP contribution in [0.2, 0.25) is 0 Å². The quantitative estimate of drug-likeness (QED) is 0.164. The Balaban J connectivity index is 1.23. The first-order valence-electron chi connectivity index (χ1n) is 21.3. The van der Waals surface area contributed by atoms with E-state index in [4.69, 9.17) is 0 Å². The van der Waals surface area contributed by atoms with Gasteiger partial charge in [0.05, 0.1) is 22.7 Å². The molecule has 0 unspecified atom stereocenters. The highest BCUT2D eigenvalue weighted by molar-refractivity contribution is 6.22. The van der Waals surface area contributed by atoms with Crippen molar-refractivity contribution in [3.05, 3.63) is 215 Å². The number of rotatable bonds is 4. The van der Waals surface area contributed by atoms with Crippen molar-refractivity contribution in [3.8, 4) is 22.3 Å². The Morgan fingerprint density at radius 3 is 0.933 bits per heavy atom. The normalized spacial score (nSPS) is 14.7. The van der Waals surface area contributed by atoms with E-state index < -0.39 is 0 Å². The van der Waals surface area contributed by atoms with Crippen molar-refractivity contribution in [1.29, 1.82) is 0 Å². The summed E-state index contributed by atoms with van der Waals surface area (Å²) < 4.78 is 0. The molecule has 0 bridgehead atoms. The first-order valence-corrected chi connectivity index (χ1v) is 21.3. The van der Waals surface area contributed by atoms with Crippen LogP contribution in [0, 0.1) is 13.8 Å². The van der Waals surface area contributed by atoms with E-state index in [9.17, 15) is 0 Å². The lowest BCUT2D eigenvalue weighted by Crippen LogP contribution is -2.30. The summed E-state index contributed by atoms with van der Waals surface area (Å²) in [6, 6.07) is 68.4. The molecule has 0 aromatic heterocycles. The van der Waals surface area contributed by atoms with Gasteiger partial charge in [-0.15, -0.1) is 0 Å². The number of benzene rings is 9. The van der Waals surface area contributed by atoms with Crippen molar-refractivity contribution in [2.45, 2.75) is 52.4 Å². The number of nitrogens with zero attached hydrogens (tertiary/aromatic N) is 2. The van der Waals surface area contributed by atoms with Crippen molar-refractivity contribution in [2.24, 2.45) is 0 Å². The van der Waals surface area contributed by atoms with E-state index in [0.717, 1.165) is 11.4 Å². The van der Waals surface area contributed by atoms with Gasteiger partial charge in [0.1, 0.15) is 0 Å². The van der Waals surface area contributed by atoms with E-state index in [1.165, 1.54) is 99.9 Å². The van der Waals surface area contributed by atoms with Gasteiger partial charge in [0.2, 0.25) is 0 Å². The lowest BCUT2D eigenvalue weighted by Gasteiger charge is -2.42. The van der Waals surface area contributed by atoms with Crippen LogP contribution in [0.1, 0.15) is 61.1 Å². The Hall–Kier alpha value is -6.90. The topological polar surface area (TPSA) is 6.48 Å². The van der Waals surface area contributed by atoms with Crippen LogP contribution < -0.4 is 9.80 Å². The molecule has 0 fully saturated rings. The fourth-order valence-corrected chi connectivity index (χ4v) is 10.4. The molecule has 2 heterocycles. The maximum Gasteiger partial charge on any atom is 0.0502 e. The number of anilines is 6. The third-order valence-corrected chi connectivity index (χ3v) is 13.6. The molecule has 0 radical (unpaired) electrons. The number of hydrogen-bond donors (Lipinski definition) is 0. The summed E-state index contributed by atoms with van der Waals surface area (Å²) in [5.74, 6) is 0. The molecule has 60 heavy (non-hydrogen) atoms. The van der Waals surface area contributed by atoms with Crippen LogP contribution in [0.5, 0.6) is 0 Å². The lowest BCUT2D eigenvalue weighted by molar-refractivity contribution is 0.632. The molecule has 9 aromatic rings. The summed E-state index contributed by atoms with van der Waals surface area (Å²) in [6.45, 7) is 13.8. The van der Waals surface area contributed by atoms with Gasteiger partial charge in [-0.25, -0.2) is 0 Å². The summed E-state index contributed by atoms with van der Waals surface area (Å²) in [5.41, 5.74) is 19.7. The van der Waals surface area contributed by atoms with Gasteiger partial charge in [0, 0.05) is 22.2 Å². The molecule has 0 saturated heterocycles. The zero-order chi connectivity index (χ0) is 40.9. The minimum Gasteiger partial charge on any atom is -0.310 e. The molecule has 290 valence electrons. The standard InChI is InChI=1S/C58H48N2/c1-37-23-27-39(28-24-37)55-43-33-31-42(60-53-21-13-9-17-49(53)58(5,6)50-18-10-14-22-54(50)60)36-46(43)56(40-29-25-38(2)26-30-40)44-34-32-41(35-45(44)55)59-51-19-11-7-15-47(51)57(3,4)48-16-8-12-20-52(48)59/h7-36H,1-6H3. The second kappa shape index (κ2) is 13.3. The third kappa shape index (κ3) is 5.33. The molecule has 0 aliphatic carbocycles. The molecule has 9 aromatic carbocycles. The van der Waals surface area contributed by atoms with E-state index in [2.05, 4.69) is 233 Å². The molecule has 11 rings (SSSR count). The predicted molar refractivity (Wildman–Crippen MR) is 255 cm³/mol. The van der Waals surface area contributed by atoms with Crippen LogP contribution in [0.4, 0.5) is 34.1 Å². The van der Waals surface area contributed by atoms with E-state index in [1.807, 2.05) is 0 Å². The molecule has 0 amide bonds. The summed E-state index contributed by atoms with van der Waals surface area (Å²) in [4.78, 5) is 4.97. The molecule has 2 nitrogen and oxygen atoms in total. The molecule has 0 saturated carbocycles. The smallest absolute Gasteiger partial charge is 0.0502 e. The van der Waals surface area contributed by atoms with Crippen LogP contribution in [0.15, 0.2) is 182 Å². The summed E-state index contributed by atoms with van der Waals surface area (Å²) in [6.07, 6.45) is 0. The van der Waals surface area contributed by atoms with Crippen molar-refractivity contribution in [1.82, 2.24) is 0 Å². The second-order valence-electron chi connectivity index (χ2n) is 17.9. The van der Waals surface area contributed by atoms with Gasteiger partial charge in [-0.05, 0) is 128 Å². The van der Waals surface area contributed by atoms with Crippen LogP contribution in [-0.4, -0.2) is 0 Å². The van der Waals surface area contributed by atoms with Crippen LogP contribution >= 0.6 is 0 Å². The highest BCUT2D eigenvalue weighted by atomic mass is 15.2. The maximum absolute atomic E-state index is 2.49. The minimum absolute atomic E-state index is 0.134. The monoisotopic (exact) mass is 772 g/mol. The second-order valence-corrected chi connectivity index (χ2v) is 17.9. The Morgan fingerprint density at radius 2 is 0.617 bits per heavy atom. The third-order valence-electron chi connectivity index (χ3n) is 13.6. The van der Waals surface area contributed by atoms with E-state index in [1.54, 1.807) is 0 Å². The van der Waals surface area contributed by atoms with Gasteiger partial charge in [-0.3, -0.25) is 0 Å². The molecule has 0 atom stereocenters. The lowest BCUT2D eigenvalue weighted by atomic mass is 9.73. The first-order chi connectivity index (χ1) is 29.1. The summed E-state index contributed by atoms with van der Waals surface area (Å²) in [7, 11) is 0. The van der Waals surface area contributed by atoms with Crippen molar-refractivity contribution < 1.29 is 0 Å². The average molecular weight is 773 g/mol. The predicted octanol–water partition coefficient (Wildman–Crippen LogP) is 16.2. The highest BCUT2D eigenvalue weighted by Crippen LogP contribution is 2.55. The molecular formula is C58H48N2. The molecule has 0 N–H and O–H groups in total. The fourth-order valence-electron chi connectivity index (χ4n) is 10.4. The molecule has 0 spiro atoms. The summed E-state index contributed by atoms with van der Waals surface area (Å²) in [5, 5.41) is 4.95. The van der Waals surface area contributed by atoms with Gasteiger partial charge < -0.3 is 9.80 Å². The van der Waals surface area contributed by atoms with Crippen LogP contribution in [0.25, 0.3) is 43.8 Å². The fraction of sp³-hybridized carbons (Fsp3) is 0.138. The van der Waals surface area contributed by atoms with Crippen molar-refractivity contribution in [2.75, 3.05) is 9.80 Å². The van der Waals surface area contributed by atoms with Crippen molar-refractivity contribution in [3.63, 3.8) is 0 Å². The van der Waals surface area contributed by atoms with Gasteiger partial charge in [-0.1, -0.05) is 172 Å². The van der Waals surface area contributed by atoms with Crippen molar-refractivity contribution >= 4 is 55.7 Å². The Morgan fingerprint density at radius 1 is 0.317 bits per heavy atom. The number of hydrogen-bond acceptors (Lipinski definition) is 2. The Kier molecular flexibility index (Phi) is 8.03. The number of aryl methyl sites for hydroxylation is 2. The average Bonchev–Trinajstić information content (AvgIpc) is 3.27. The summed E-state index contributed by atoms with van der Waals surface area (Å²) >= 11 is 0. The Bertz CT molecular complexity index is 2850. The number of para-hydroxylation sites is 4. The zero-order valence-corrected chi connectivity index (χ0v) is 35.2. The largest absolute Gasteiger partial charge is 0.310 e.